The van der Waals surface area contributed by atoms with Crippen molar-refractivity contribution in [1.29, 1.82) is 0 Å². The van der Waals surface area contributed by atoms with Crippen LogP contribution in [0.1, 0.15) is 46.5 Å². The number of nitrogens with one attached hydrogen (secondary N) is 1. The van der Waals surface area contributed by atoms with Gasteiger partial charge in [0.2, 0.25) is 0 Å². The highest BCUT2D eigenvalue weighted by atomic mass is 32.2. The van der Waals surface area contributed by atoms with E-state index in [-0.39, 0.29) is 5.54 Å². The largest absolute Gasteiger partial charge is 0.360 e. The van der Waals surface area contributed by atoms with Crippen LogP contribution in [0.25, 0.3) is 0 Å². The predicted molar refractivity (Wildman–Crippen MR) is 68.5 cm³/mol. The lowest BCUT2D eigenvalue weighted by atomic mass is 10.0. The molecule has 1 heterocycles. The van der Waals surface area contributed by atoms with Crippen LogP contribution >= 0.6 is 11.8 Å². The van der Waals surface area contributed by atoms with Gasteiger partial charge >= 0.3 is 0 Å². The quantitative estimate of drug-likeness (QED) is 0.743. The molecule has 15 heavy (non-hydrogen) atoms. The molecule has 1 N–H and O–H groups in total. The van der Waals surface area contributed by atoms with Gasteiger partial charge in [-0.2, -0.15) is 0 Å². The number of aliphatic imine (C=N–C) groups is 1. The lowest BCUT2D eigenvalue weighted by Crippen LogP contribution is -2.46. The van der Waals surface area contributed by atoms with Gasteiger partial charge in [-0.3, -0.25) is 4.99 Å². The van der Waals surface area contributed by atoms with Crippen LogP contribution in [0.5, 0.6) is 0 Å². The highest BCUT2D eigenvalue weighted by Crippen LogP contribution is 2.29. The van der Waals surface area contributed by atoms with Gasteiger partial charge in [0.1, 0.15) is 0 Å². The molecule has 1 aliphatic carbocycles. The molecule has 0 bridgehead atoms. The van der Waals surface area contributed by atoms with Crippen LogP contribution in [0.4, 0.5) is 0 Å². The first-order chi connectivity index (χ1) is 7.05. The summed E-state index contributed by atoms with van der Waals surface area (Å²) >= 11 is 1.89. The van der Waals surface area contributed by atoms with Crippen molar-refractivity contribution in [3.05, 3.63) is 0 Å². The first-order valence-corrected chi connectivity index (χ1v) is 7.02. The highest BCUT2D eigenvalue weighted by Gasteiger charge is 2.26. The maximum Gasteiger partial charge on any atom is 0.157 e. The minimum atomic E-state index is 0.244. The molecule has 0 spiro atoms. The summed E-state index contributed by atoms with van der Waals surface area (Å²) in [4.78, 5) is 4.85. The van der Waals surface area contributed by atoms with E-state index < -0.39 is 0 Å². The van der Waals surface area contributed by atoms with Crippen LogP contribution in [-0.4, -0.2) is 22.5 Å². The van der Waals surface area contributed by atoms with Gasteiger partial charge in [0, 0.05) is 11.3 Å². The van der Waals surface area contributed by atoms with Crippen molar-refractivity contribution in [1.82, 2.24) is 5.32 Å². The molecule has 1 saturated carbocycles. The van der Waals surface area contributed by atoms with E-state index in [9.17, 15) is 0 Å². The number of rotatable bonds is 1. The van der Waals surface area contributed by atoms with E-state index in [0.29, 0.717) is 6.04 Å². The van der Waals surface area contributed by atoms with Crippen LogP contribution in [0.2, 0.25) is 0 Å². The van der Waals surface area contributed by atoms with E-state index in [4.69, 9.17) is 4.99 Å². The normalized spacial score (nSPS) is 37.9. The van der Waals surface area contributed by atoms with E-state index in [1.165, 1.54) is 36.6 Å². The Balaban J connectivity index is 1.95. The smallest absolute Gasteiger partial charge is 0.157 e. The molecule has 1 aliphatic heterocycles. The molecular weight excluding hydrogens is 204 g/mol. The third-order valence-corrected chi connectivity index (χ3v) is 4.27. The van der Waals surface area contributed by atoms with Crippen LogP contribution in [0.3, 0.4) is 0 Å². The molecule has 0 aromatic heterocycles. The molecule has 2 nitrogen and oxygen atoms in total. The van der Waals surface area contributed by atoms with E-state index in [1.54, 1.807) is 0 Å². The van der Waals surface area contributed by atoms with Crippen LogP contribution in [0.15, 0.2) is 4.99 Å². The topological polar surface area (TPSA) is 24.4 Å². The van der Waals surface area contributed by atoms with Gasteiger partial charge in [-0.1, -0.05) is 18.7 Å². The lowest BCUT2D eigenvalue weighted by molar-refractivity contribution is 0.445. The molecule has 2 fully saturated rings. The van der Waals surface area contributed by atoms with Crippen LogP contribution < -0.4 is 5.32 Å². The molecular formula is C12H22N2S. The Labute approximate surface area is 97.3 Å². The summed E-state index contributed by atoms with van der Waals surface area (Å²) in [5, 5.41) is 4.73. The molecule has 0 aromatic rings. The Morgan fingerprint density at radius 3 is 2.80 bits per heavy atom. The number of thioether (sulfide) groups is 1. The fourth-order valence-corrected chi connectivity index (χ4v) is 3.70. The van der Waals surface area contributed by atoms with E-state index in [2.05, 4.69) is 26.1 Å². The average molecular weight is 226 g/mol. The average Bonchev–Trinajstić information content (AvgIpc) is 2.49. The van der Waals surface area contributed by atoms with Gasteiger partial charge in [-0.25, -0.2) is 0 Å². The lowest BCUT2D eigenvalue weighted by Gasteiger charge is -2.32. The minimum Gasteiger partial charge on any atom is -0.360 e. The van der Waals surface area contributed by atoms with Crippen molar-refractivity contribution in [2.24, 2.45) is 10.9 Å². The molecule has 2 unspecified atom stereocenters. The van der Waals surface area contributed by atoms with Crippen molar-refractivity contribution in [2.45, 2.75) is 58.0 Å². The molecule has 0 radical (unpaired) electrons. The SMILES string of the molecule is CC1CCC(N=C2NC(C)(C)CCS2)C1. The van der Waals surface area contributed by atoms with Crippen molar-refractivity contribution in [3.8, 4) is 0 Å². The maximum atomic E-state index is 4.85. The van der Waals surface area contributed by atoms with Gasteiger partial charge in [0.25, 0.3) is 0 Å². The minimum absolute atomic E-state index is 0.244. The third-order valence-electron chi connectivity index (χ3n) is 3.38. The summed E-state index contributed by atoms with van der Waals surface area (Å²) in [6.45, 7) is 6.87. The van der Waals surface area contributed by atoms with Crippen molar-refractivity contribution < 1.29 is 0 Å². The summed E-state index contributed by atoms with van der Waals surface area (Å²) in [7, 11) is 0. The number of nitrogens with zero attached hydrogens (tertiary/aromatic N) is 1. The van der Waals surface area contributed by atoms with Crippen LogP contribution in [-0.2, 0) is 0 Å². The van der Waals surface area contributed by atoms with E-state index in [1.807, 2.05) is 11.8 Å². The monoisotopic (exact) mass is 226 g/mol. The standard InChI is InChI=1S/C12H22N2S/c1-9-4-5-10(8-9)13-11-14-12(2,3)6-7-15-11/h9-10H,4-8H2,1-3H3,(H,13,14). The summed E-state index contributed by atoms with van der Waals surface area (Å²) in [5.41, 5.74) is 0.244. The van der Waals surface area contributed by atoms with E-state index >= 15 is 0 Å². The second-order valence-corrected chi connectivity index (χ2v) is 6.70. The van der Waals surface area contributed by atoms with Gasteiger partial charge < -0.3 is 5.32 Å². The zero-order valence-electron chi connectivity index (χ0n) is 10.0. The fraction of sp³-hybridized carbons (Fsp3) is 0.917. The first kappa shape index (κ1) is 11.3. The molecule has 2 aliphatic rings. The van der Waals surface area contributed by atoms with Crippen molar-refractivity contribution >= 4 is 16.9 Å². The maximum absolute atomic E-state index is 4.85. The molecule has 0 amide bonds. The Morgan fingerprint density at radius 1 is 1.40 bits per heavy atom. The zero-order valence-corrected chi connectivity index (χ0v) is 10.9. The van der Waals surface area contributed by atoms with E-state index in [0.717, 1.165) is 5.92 Å². The van der Waals surface area contributed by atoms with Gasteiger partial charge in [0.05, 0.1) is 6.04 Å². The predicted octanol–water partition coefficient (Wildman–Crippen LogP) is 3.04. The summed E-state index contributed by atoms with van der Waals surface area (Å²) in [5.74, 6) is 2.09. The molecule has 3 heteroatoms. The molecule has 2 atom stereocenters. The zero-order chi connectivity index (χ0) is 10.9. The summed E-state index contributed by atoms with van der Waals surface area (Å²) in [6, 6.07) is 0.587. The summed E-state index contributed by atoms with van der Waals surface area (Å²) in [6.07, 6.45) is 5.16. The van der Waals surface area contributed by atoms with Gasteiger partial charge in [-0.05, 0) is 45.4 Å². The van der Waals surface area contributed by atoms with Crippen molar-refractivity contribution in [3.63, 3.8) is 0 Å². The summed E-state index contributed by atoms with van der Waals surface area (Å²) < 4.78 is 0. The number of hydrogen-bond acceptors (Lipinski definition) is 2. The third kappa shape index (κ3) is 3.13. The molecule has 1 saturated heterocycles. The number of amidine groups is 1. The first-order valence-electron chi connectivity index (χ1n) is 6.04. The second-order valence-electron chi connectivity index (χ2n) is 5.61. The van der Waals surface area contributed by atoms with Gasteiger partial charge in [0.15, 0.2) is 5.17 Å². The molecule has 2 rings (SSSR count). The Kier molecular flexibility index (Phi) is 3.29. The Hall–Kier alpha value is -0.180. The van der Waals surface area contributed by atoms with Crippen LogP contribution in [0, 0.1) is 5.92 Å². The Morgan fingerprint density at radius 2 is 2.20 bits per heavy atom. The van der Waals surface area contributed by atoms with Gasteiger partial charge in [-0.15, -0.1) is 0 Å². The Bertz CT molecular complexity index is 260. The highest BCUT2D eigenvalue weighted by molar-refractivity contribution is 8.13. The van der Waals surface area contributed by atoms with Crippen molar-refractivity contribution in [2.75, 3.05) is 5.75 Å². The molecule has 86 valence electrons. The molecule has 0 aromatic carbocycles. The second kappa shape index (κ2) is 4.36. The number of hydrogen-bond donors (Lipinski definition) is 1. The fourth-order valence-electron chi connectivity index (χ4n) is 2.32.